The van der Waals surface area contributed by atoms with E-state index in [2.05, 4.69) is 121 Å². The quantitative estimate of drug-likeness (QED) is 0.290. The van der Waals surface area contributed by atoms with Crippen LogP contribution in [-0.2, 0) is 11.2 Å². The lowest BCUT2D eigenvalue weighted by Crippen LogP contribution is -2.19. The van der Waals surface area contributed by atoms with E-state index in [4.69, 9.17) is 9.73 Å². The molecule has 0 radical (unpaired) electrons. The summed E-state index contributed by atoms with van der Waals surface area (Å²) in [6, 6.07) is 43.5. The Balaban J connectivity index is 1.47. The molecule has 33 heavy (non-hydrogen) atoms. The predicted octanol–water partition coefficient (Wildman–Crippen LogP) is 6.29. The molecule has 0 amide bonds. The van der Waals surface area contributed by atoms with Crippen LogP contribution in [-0.4, -0.2) is 18.5 Å². The Morgan fingerprint density at radius 1 is 0.697 bits per heavy atom. The molecule has 4 aromatic carbocycles. The molecule has 0 aliphatic carbocycles. The summed E-state index contributed by atoms with van der Waals surface area (Å²) in [6.07, 6.45) is 1.73. The zero-order valence-corrected chi connectivity index (χ0v) is 19.5. The second-order valence-electron chi connectivity index (χ2n) is 8.35. The zero-order valence-electron chi connectivity index (χ0n) is 18.6. The van der Waals surface area contributed by atoms with Crippen molar-refractivity contribution >= 4 is 24.4 Å². The summed E-state index contributed by atoms with van der Waals surface area (Å²) in [5.41, 5.74) is 2.95. The van der Waals surface area contributed by atoms with E-state index in [1.165, 1.54) is 21.7 Å². The van der Waals surface area contributed by atoms with Gasteiger partial charge in [-0.15, -0.1) is 0 Å². The van der Waals surface area contributed by atoms with Gasteiger partial charge in [0, 0.05) is 12.1 Å². The highest BCUT2D eigenvalue weighted by Gasteiger charge is 2.30. The van der Waals surface area contributed by atoms with Gasteiger partial charge >= 0.3 is 0 Å². The van der Waals surface area contributed by atoms with E-state index in [0.29, 0.717) is 12.3 Å². The molecule has 164 valence electrons. The Hall–Kier alpha value is -3.22. The second-order valence-corrected chi connectivity index (χ2v) is 10.7. The van der Waals surface area contributed by atoms with Crippen LogP contribution in [0.15, 0.2) is 126 Å². The molecule has 1 aliphatic heterocycles. The van der Waals surface area contributed by atoms with Crippen LogP contribution < -0.4 is 10.6 Å². The first-order valence-corrected chi connectivity index (χ1v) is 13.0. The first kappa shape index (κ1) is 21.6. The monoisotopic (exact) mass is 449 g/mol. The fraction of sp³-hybridized carbons (Fsp3) is 0.167. The Morgan fingerprint density at radius 3 is 1.79 bits per heavy atom. The third kappa shape index (κ3) is 5.41. The Morgan fingerprint density at radius 2 is 1.21 bits per heavy atom. The largest absolute Gasteiger partial charge is 0.479 e. The van der Waals surface area contributed by atoms with E-state index in [1.807, 2.05) is 0 Å². The van der Waals surface area contributed by atoms with Crippen molar-refractivity contribution in [2.24, 2.45) is 4.99 Å². The van der Waals surface area contributed by atoms with E-state index in [-0.39, 0.29) is 6.04 Å². The van der Waals surface area contributed by atoms with Gasteiger partial charge in [-0.05, 0) is 36.1 Å². The van der Waals surface area contributed by atoms with Gasteiger partial charge < -0.3 is 4.74 Å². The molecular formula is C30H28NOP. The topological polar surface area (TPSA) is 21.6 Å². The maximum absolute atomic E-state index is 6.17. The first-order valence-electron chi connectivity index (χ1n) is 11.5. The van der Waals surface area contributed by atoms with Crippen LogP contribution >= 0.6 is 7.92 Å². The van der Waals surface area contributed by atoms with Crippen LogP contribution in [0.3, 0.4) is 0 Å². The van der Waals surface area contributed by atoms with Gasteiger partial charge in [-0.1, -0.05) is 121 Å². The van der Waals surface area contributed by atoms with E-state index in [0.717, 1.165) is 18.7 Å². The van der Waals surface area contributed by atoms with Gasteiger partial charge in [0.2, 0.25) is 0 Å². The number of benzene rings is 4. The van der Waals surface area contributed by atoms with E-state index < -0.39 is 7.92 Å². The Labute approximate surface area is 197 Å². The minimum Gasteiger partial charge on any atom is -0.479 e. The van der Waals surface area contributed by atoms with Crippen LogP contribution in [0.1, 0.15) is 23.2 Å². The maximum atomic E-state index is 6.17. The minimum absolute atomic E-state index is 0.193. The number of aliphatic imine (C=N–C) groups is 1. The number of hydrogen-bond acceptors (Lipinski definition) is 2. The molecule has 5 rings (SSSR count). The summed E-state index contributed by atoms with van der Waals surface area (Å²) in [6.45, 7) is 0.667. The molecule has 2 nitrogen and oxygen atoms in total. The lowest BCUT2D eigenvalue weighted by molar-refractivity contribution is 0.309. The Kier molecular flexibility index (Phi) is 6.94. The first-order chi connectivity index (χ1) is 16.4. The van der Waals surface area contributed by atoms with Crippen LogP contribution in [0.25, 0.3) is 0 Å². The van der Waals surface area contributed by atoms with Crippen molar-refractivity contribution in [3.63, 3.8) is 0 Å². The normalized spacial score (nSPS) is 16.3. The molecular weight excluding hydrogens is 421 g/mol. The molecule has 1 aliphatic rings. The van der Waals surface area contributed by atoms with Crippen molar-refractivity contribution in [3.8, 4) is 0 Å². The average Bonchev–Trinajstić information content (AvgIpc) is 3.33. The molecule has 3 heteroatoms. The maximum Gasteiger partial charge on any atom is 0.184 e. The van der Waals surface area contributed by atoms with Gasteiger partial charge in [-0.2, -0.15) is 0 Å². The van der Waals surface area contributed by atoms with Crippen LogP contribution in [0, 0.1) is 0 Å². The van der Waals surface area contributed by atoms with Crippen molar-refractivity contribution in [1.29, 1.82) is 0 Å². The highest BCUT2D eigenvalue weighted by atomic mass is 31.1. The average molecular weight is 450 g/mol. The van der Waals surface area contributed by atoms with Gasteiger partial charge in [-0.3, -0.25) is 0 Å². The van der Waals surface area contributed by atoms with Crippen molar-refractivity contribution in [1.82, 2.24) is 0 Å². The minimum atomic E-state index is -0.630. The molecule has 0 saturated carbocycles. The fourth-order valence-corrected chi connectivity index (χ4v) is 7.27. The molecule has 1 heterocycles. The van der Waals surface area contributed by atoms with E-state index in [1.54, 1.807) is 0 Å². The van der Waals surface area contributed by atoms with Gasteiger partial charge in [0.25, 0.3) is 0 Å². The summed E-state index contributed by atoms with van der Waals surface area (Å²) in [7, 11) is -0.630. The van der Waals surface area contributed by atoms with Gasteiger partial charge in [0.1, 0.15) is 6.61 Å². The molecule has 0 fully saturated rings. The summed E-state index contributed by atoms with van der Waals surface area (Å²) in [5, 5.41) is 2.76. The van der Waals surface area contributed by atoms with Crippen molar-refractivity contribution in [3.05, 3.63) is 132 Å². The molecule has 0 unspecified atom stereocenters. The van der Waals surface area contributed by atoms with Crippen molar-refractivity contribution < 1.29 is 4.74 Å². The number of nitrogens with zero attached hydrogens (tertiary/aromatic N) is 1. The summed E-state index contributed by atoms with van der Waals surface area (Å²) >= 11 is 0. The number of ether oxygens (including phenoxy) is 1. The second kappa shape index (κ2) is 10.6. The molecule has 0 N–H and O–H groups in total. The number of hydrogen-bond donors (Lipinski definition) is 0. The molecule has 2 atom stereocenters. The number of rotatable bonds is 8. The lowest BCUT2D eigenvalue weighted by atomic mass is 10.1. The van der Waals surface area contributed by atoms with Crippen molar-refractivity contribution in [2.45, 2.75) is 24.5 Å². The highest BCUT2D eigenvalue weighted by Crippen LogP contribution is 2.51. The standard InChI is InChI=1S/C30H28NOP/c1-5-13-24(14-6-1)21-26-23-32-30(31-26)22-29(25-15-7-2-8-16-25)33(27-17-9-3-10-18-27)28-19-11-4-12-20-28/h1-20,26,29H,21-23H2/t26-,29-/m0/s1. The van der Waals surface area contributed by atoms with Gasteiger partial charge in [-0.25, -0.2) is 4.99 Å². The lowest BCUT2D eigenvalue weighted by Gasteiger charge is -2.29. The summed E-state index contributed by atoms with van der Waals surface area (Å²) in [4.78, 5) is 5.02. The summed E-state index contributed by atoms with van der Waals surface area (Å²) in [5.74, 6) is 0.893. The van der Waals surface area contributed by atoms with Crippen LogP contribution in [0.5, 0.6) is 0 Å². The fourth-order valence-electron chi connectivity index (χ4n) is 4.46. The van der Waals surface area contributed by atoms with E-state index in [9.17, 15) is 0 Å². The van der Waals surface area contributed by atoms with E-state index >= 15 is 0 Å². The van der Waals surface area contributed by atoms with Gasteiger partial charge in [0.15, 0.2) is 5.90 Å². The highest BCUT2D eigenvalue weighted by molar-refractivity contribution is 7.73. The third-order valence-corrected chi connectivity index (χ3v) is 8.83. The Bertz CT molecular complexity index is 1120. The molecule has 0 aromatic heterocycles. The molecule has 0 bridgehead atoms. The molecule has 4 aromatic rings. The zero-order chi connectivity index (χ0) is 22.3. The van der Waals surface area contributed by atoms with Gasteiger partial charge in [0.05, 0.1) is 6.04 Å². The third-order valence-electron chi connectivity index (χ3n) is 6.02. The van der Waals surface area contributed by atoms with Crippen LogP contribution in [0.2, 0.25) is 0 Å². The van der Waals surface area contributed by atoms with Crippen LogP contribution in [0.4, 0.5) is 0 Å². The summed E-state index contributed by atoms with van der Waals surface area (Å²) < 4.78 is 6.17. The smallest absolute Gasteiger partial charge is 0.184 e. The van der Waals surface area contributed by atoms with Crippen molar-refractivity contribution in [2.75, 3.05) is 6.61 Å². The predicted molar refractivity (Wildman–Crippen MR) is 140 cm³/mol. The SMILES string of the molecule is c1ccc(C[C@H]2COC(C[C@@H](c3ccccc3)P(c3ccccc3)c3ccccc3)=N2)cc1. The molecule has 0 spiro atoms. The molecule has 0 saturated heterocycles.